The van der Waals surface area contributed by atoms with Crippen LogP contribution in [0.5, 0.6) is 5.75 Å². The van der Waals surface area contributed by atoms with Crippen molar-refractivity contribution in [1.29, 1.82) is 0 Å². The molecule has 27 heavy (non-hydrogen) atoms. The van der Waals surface area contributed by atoms with E-state index in [-0.39, 0.29) is 0 Å². The quantitative estimate of drug-likeness (QED) is 0.818. The van der Waals surface area contributed by atoms with Crippen LogP contribution in [0.15, 0.2) is 30.6 Å². The third kappa shape index (κ3) is 4.16. The minimum atomic E-state index is -0.893. The molecule has 2 unspecified atom stereocenters. The first-order chi connectivity index (χ1) is 13.1. The number of benzene rings is 1. The molecule has 0 aliphatic carbocycles. The number of ether oxygens (including phenoxy) is 1. The summed E-state index contributed by atoms with van der Waals surface area (Å²) >= 11 is 0. The highest BCUT2D eigenvalue weighted by Gasteiger charge is 2.33. The van der Waals surface area contributed by atoms with Crippen LogP contribution in [-0.2, 0) is 0 Å². The molecule has 2 saturated heterocycles. The Hall–Kier alpha value is -2.35. The van der Waals surface area contributed by atoms with Gasteiger partial charge in [-0.3, -0.25) is 4.90 Å². The highest BCUT2D eigenvalue weighted by molar-refractivity contribution is 5.30. The van der Waals surface area contributed by atoms with Crippen molar-refractivity contribution in [2.24, 2.45) is 5.92 Å². The van der Waals surface area contributed by atoms with Gasteiger partial charge in [-0.05, 0) is 25.0 Å². The van der Waals surface area contributed by atoms with Crippen LogP contribution < -0.4 is 9.64 Å². The minimum Gasteiger partial charge on any atom is -0.493 e. The Labute approximate surface area is 155 Å². The van der Waals surface area contributed by atoms with E-state index in [4.69, 9.17) is 4.74 Å². The van der Waals surface area contributed by atoms with Gasteiger partial charge in [0.15, 0.2) is 17.5 Å². The SMILES string of the molecule is Fc1cnc(N2CCN3CC(COc4ccc(F)c(F)c4)CCC3C2)nc1. The van der Waals surface area contributed by atoms with E-state index in [9.17, 15) is 13.2 Å². The smallest absolute Gasteiger partial charge is 0.225 e. The van der Waals surface area contributed by atoms with Crippen LogP contribution in [0.4, 0.5) is 19.1 Å². The van der Waals surface area contributed by atoms with Crippen molar-refractivity contribution >= 4 is 5.95 Å². The van der Waals surface area contributed by atoms with Crippen LogP contribution in [0.3, 0.4) is 0 Å². The van der Waals surface area contributed by atoms with Gasteiger partial charge in [0.1, 0.15) is 5.75 Å². The van der Waals surface area contributed by atoms with Gasteiger partial charge in [0, 0.05) is 44.2 Å². The van der Waals surface area contributed by atoms with Gasteiger partial charge in [0.2, 0.25) is 5.95 Å². The van der Waals surface area contributed by atoms with Gasteiger partial charge in [-0.2, -0.15) is 0 Å². The van der Waals surface area contributed by atoms with Gasteiger partial charge in [-0.15, -0.1) is 0 Å². The fraction of sp³-hybridized carbons (Fsp3) is 0.474. The van der Waals surface area contributed by atoms with Crippen LogP contribution in [0.2, 0.25) is 0 Å². The third-order valence-corrected chi connectivity index (χ3v) is 5.27. The molecule has 0 spiro atoms. The average molecular weight is 378 g/mol. The van der Waals surface area contributed by atoms with E-state index in [2.05, 4.69) is 19.8 Å². The Morgan fingerprint density at radius 3 is 2.59 bits per heavy atom. The van der Waals surface area contributed by atoms with Gasteiger partial charge in [-0.25, -0.2) is 23.1 Å². The molecule has 5 nitrogen and oxygen atoms in total. The molecule has 1 aromatic heterocycles. The van der Waals surface area contributed by atoms with Crippen molar-refractivity contribution in [1.82, 2.24) is 14.9 Å². The Balaban J connectivity index is 1.30. The topological polar surface area (TPSA) is 41.5 Å². The van der Waals surface area contributed by atoms with Crippen molar-refractivity contribution in [2.45, 2.75) is 18.9 Å². The summed E-state index contributed by atoms with van der Waals surface area (Å²) in [5.41, 5.74) is 0. The predicted molar refractivity (Wildman–Crippen MR) is 94.1 cm³/mol. The van der Waals surface area contributed by atoms with E-state index >= 15 is 0 Å². The largest absolute Gasteiger partial charge is 0.493 e. The second kappa shape index (κ2) is 7.72. The molecular formula is C19H21F3N4O. The standard InChI is InChI=1S/C19H21F3N4O/c20-14-8-23-19(24-9-14)26-6-5-25-10-13(1-2-15(25)11-26)12-27-16-3-4-17(21)18(22)7-16/h3-4,7-9,13,15H,1-2,5-6,10-12H2. The summed E-state index contributed by atoms with van der Waals surface area (Å²) in [6, 6.07) is 4.03. The van der Waals surface area contributed by atoms with E-state index < -0.39 is 17.5 Å². The molecule has 2 aliphatic heterocycles. The molecule has 144 valence electrons. The predicted octanol–water partition coefficient (Wildman–Crippen LogP) is 2.87. The number of piperidine rings is 1. The summed E-state index contributed by atoms with van der Waals surface area (Å²) in [7, 11) is 0. The number of nitrogens with zero attached hydrogens (tertiary/aromatic N) is 4. The Morgan fingerprint density at radius 2 is 1.81 bits per heavy atom. The van der Waals surface area contributed by atoms with Crippen LogP contribution in [0.1, 0.15) is 12.8 Å². The molecule has 2 atom stereocenters. The van der Waals surface area contributed by atoms with Crippen molar-refractivity contribution in [3.05, 3.63) is 48.0 Å². The first-order valence-electron chi connectivity index (χ1n) is 9.13. The van der Waals surface area contributed by atoms with Gasteiger partial charge < -0.3 is 9.64 Å². The molecule has 2 fully saturated rings. The van der Waals surface area contributed by atoms with Crippen molar-refractivity contribution in [3.8, 4) is 5.75 Å². The molecule has 3 heterocycles. The molecule has 2 aromatic rings. The molecule has 0 bridgehead atoms. The maximum Gasteiger partial charge on any atom is 0.225 e. The zero-order valence-electron chi connectivity index (χ0n) is 14.8. The summed E-state index contributed by atoms with van der Waals surface area (Å²) in [6.45, 7) is 3.89. The highest BCUT2D eigenvalue weighted by atomic mass is 19.2. The second-order valence-corrected chi connectivity index (χ2v) is 7.13. The summed E-state index contributed by atoms with van der Waals surface area (Å²) in [5, 5.41) is 0. The lowest BCUT2D eigenvalue weighted by molar-refractivity contribution is 0.0724. The lowest BCUT2D eigenvalue weighted by atomic mass is 9.91. The van der Waals surface area contributed by atoms with Gasteiger partial charge in [0.05, 0.1) is 19.0 Å². The first-order valence-corrected chi connectivity index (χ1v) is 9.13. The monoisotopic (exact) mass is 378 g/mol. The first kappa shape index (κ1) is 18.0. The van der Waals surface area contributed by atoms with E-state index in [0.717, 1.165) is 51.2 Å². The van der Waals surface area contributed by atoms with E-state index in [1.54, 1.807) is 0 Å². The number of piperazine rings is 1. The lowest BCUT2D eigenvalue weighted by Gasteiger charge is -2.46. The summed E-state index contributed by atoms with van der Waals surface area (Å²) < 4.78 is 44.9. The number of hydrogen-bond donors (Lipinski definition) is 0. The lowest BCUT2D eigenvalue weighted by Crippen LogP contribution is -2.57. The fourth-order valence-corrected chi connectivity index (χ4v) is 3.83. The highest BCUT2D eigenvalue weighted by Crippen LogP contribution is 2.27. The normalized spacial score (nSPS) is 23.1. The molecule has 2 aliphatic rings. The maximum atomic E-state index is 13.3. The molecule has 0 amide bonds. The molecule has 8 heteroatoms. The number of rotatable bonds is 4. The maximum absolute atomic E-state index is 13.3. The number of hydrogen-bond acceptors (Lipinski definition) is 5. The third-order valence-electron chi connectivity index (χ3n) is 5.27. The van der Waals surface area contributed by atoms with Crippen LogP contribution in [0, 0.1) is 23.4 Å². The van der Waals surface area contributed by atoms with E-state index in [0.29, 0.717) is 30.3 Å². The van der Waals surface area contributed by atoms with Crippen molar-refractivity contribution in [2.75, 3.05) is 37.7 Å². The molecule has 0 radical (unpaired) electrons. The average Bonchev–Trinajstić information content (AvgIpc) is 2.69. The number of halogens is 3. The number of aromatic nitrogens is 2. The van der Waals surface area contributed by atoms with Gasteiger partial charge >= 0.3 is 0 Å². The molecule has 0 saturated carbocycles. The minimum absolute atomic E-state index is 0.350. The molecular weight excluding hydrogens is 357 g/mol. The van der Waals surface area contributed by atoms with Crippen LogP contribution >= 0.6 is 0 Å². The number of fused-ring (bicyclic) bond motifs is 1. The Morgan fingerprint density at radius 1 is 1.00 bits per heavy atom. The summed E-state index contributed by atoms with van der Waals surface area (Å²) in [6.07, 6.45) is 4.41. The van der Waals surface area contributed by atoms with Gasteiger partial charge in [-0.1, -0.05) is 0 Å². The summed E-state index contributed by atoms with van der Waals surface area (Å²) in [4.78, 5) is 12.7. The fourth-order valence-electron chi connectivity index (χ4n) is 3.83. The molecule has 0 N–H and O–H groups in total. The van der Waals surface area contributed by atoms with E-state index in [1.807, 2.05) is 0 Å². The Bertz CT molecular complexity index is 789. The van der Waals surface area contributed by atoms with E-state index in [1.165, 1.54) is 18.5 Å². The molecule has 4 rings (SSSR count). The van der Waals surface area contributed by atoms with Crippen molar-refractivity contribution < 1.29 is 17.9 Å². The van der Waals surface area contributed by atoms with Crippen molar-refractivity contribution in [3.63, 3.8) is 0 Å². The van der Waals surface area contributed by atoms with Crippen LogP contribution in [-0.4, -0.2) is 53.7 Å². The molecule has 1 aromatic carbocycles. The zero-order valence-corrected chi connectivity index (χ0v) is 14.8. The van der Waals surface area contributed by atoms with Gasteiger partial charge in [0.25, 0.3) is 0 Å². The zero-order chi connectivity index (χ0) is 18.8. The number of anilines is 1. The Kier molecular flexibility index (Phi) is 5.15. The second-order valence-electron chi connectivity index (χ2n) is 7.13. The van der Waals surface area contributed by atoms with Crippen LogP contribution in [0.25, 0.3) is 0 Å². The summed E-state index contributed by atoms with van der Waals surface area (Å²) in [5.74, 6) is -0.919.